The van der Waals surface area contributed by atoms with Crippen LogP contribution in [0, 0.1) is 12.8 Å². The highest BCUT2D eigenvalue weighted by Crippen LogP contribution is 2.32. The zero-order chi connectivity index (χ0) is 21.3. The number of hydrogen-bond donors (Lipinski definition) is 0. The highest BCUT2D eigenvalue weighted by molar-refractivity contribution is 8.14. The quantitative estimate of drug-likeness (QED) is 0.426. The standard InChI is InChI=1S/C27H36N2S/c1-21(10-14-23-8-6-5-7-9-23)13-17-25(24-15-11-22(2)12-16-24)20-26(29(3)4)27-28-18-19-30-27/h5-12,14-16,21,25-26H,13,17-20H2,1-4H3. The van der Waals surface area contributed by atoms with Crippen LogP contribution >= 0.6 is 11.8 Å². The van der Waals surface area contributed by atoms with Crippen LogP contribution in [0.1, 0.15) is 48.8 Å². The summed E-state index contributed by atoms with van der Waals surface area (Å²) in [6.45, 7) is 5.48. The van der Waals surface area contributed by atoms with Gasteiger partial charge in [0, 0.05) is 12.3 Å². The Morgan fingerprint density at radius 3 is 2.40 bits per heavy atom. The molecule has 0 N–H and O–H groups in total. The van der Waals surface area contributed by atoms with Gasteiger partial charge in [-0.2, -0.15) is 0 Å². The Hall–Kier alpha value is -1.84. The third-order valence-electron chi connectivity index (χ3n) is 5.96. The number of aryl methyl sites for hydroxylation is 1. The predicted molar refractivity (Wildman–Crippen MR) is 135 cm³/mol. The second-order valence-electron chi connectivity index (χ2n) is 8.72. The van der Waals surface area contributed by atoms with E-state index in [4.69, 9.17) is 4.99 Å². The van der Waals surface area contributed by atoms with Crippen LogP contribution in [0.25, 0.3) is 6.08 Å². The van der Waals surface area contributed by atoms with Crippen molar-refractivity contribution in [3.63, 3.8) is 0 Å². The molecule has 3 rings (SSSR count). The van der Waals surface area contributed by atoms with Crippen molar-refractivity contribution in [2.75, 3.05) is 26.4 Å². The van der Waals surface area contributed by atoms with Crippen LogP contribution in [0.4, 0.5) is 0 Å². The molecule has 3 heteroatoms. The molecule has 1 aliphatic heterocycles. The molecule has 1 heterocycles. The van der Waals surface area contributed by atoms with E-state index < -0.39 is 0 Å². The maximum absolute atomic E-state index is 4.80. The molecule has 2 aromatic rings. The van der Waals surface area contributed by atoms with Crippen molar-refractivity contribution >= 4 is 22.9 Å². The Bertz CT molecular complexity index is 824. The highest BCUT2D eigenvalue weighted by Gasteiger charge is 2.26. The molecule has 0 aromatic heterocycles. The third-order valence-corrected chi connectivity index (χ3v) is 7.04. The second-order valence-corrected chi connectivity index (χ2v) is 9.83. The summed E-state index contributed by atoms with van der Waals surface area (Å²) in [6.07, 6.45) is 8.16. The molecule has 0 spiro atoms. The Balaban J connectivity index is 1.69. The van der Waals surface area contributed by atoms with Crippen molar-refractivity contribution in [2.45, 2.75) is 45.1 Å². The first-order chi connectivity index (χ1) is 14.5. The van der Waals surface area contributed by atoms with E-state index in [1.165, 1.54) is 34.6 Å². The lowest BCUT2D eigenvalue weighted by Gasteiger charge is -2.29. The fraction of sp³-hybridized carbons (Fsp3) is 0.444. The first-order valence-electron chi connectivity index (χ1n) is 11.2. The SMILES string of the molecule is Cc1ccc(C(CCC(C)C=Cc2ccccc2)CC(C2=NCCS2)N(C)C)cc1. The lowest BCUT2D eigenvalue weighted by Crippen LogP contribution is -2.35. The number of rotatable bonds is 10. The topological polar surface area (TPSA) is 15.6 Å². The van der Waals surface area contributed by atoms with Crippen LogP contribution in [0.2, 0.25) is 0 Å². The molecule has 1 aliphatic rings. The second kappa shape index (κ2) is 11.5. The number of hydrogen-bond acceptors (Lipinski definition) is 3. The number of thioether (sulfide) groups is 1. The van der Waals surface area contributed by atoms with Gasteiger partial charge in [-0.1, -0.05) is 79.2 Å². The van der Waals surface area contributed by atoms with Crippen molar-refractivity contribution in [1.29, 1.82) is 0 Å². The number of allylic oxidation sites excluding steroid dienone is 1. The molecule has 0 aliphatic carbocycles. The Morgan fingerprint density at radius 1 is 1.03 bits per heavy atom. The van der Waals surface area contributed by atoms with Crippen LogP contribution in [-0.2, 0) is 0 Å². The van der Waals surface area contributed by atoms with Gasteiger partial charge in [0.1, 0.15) is 0 Å². The van der Waals surface area contributed by atoms with Gasteiger partial charge in [0.2, 0.25) is 0 Å². The molecule has 3 atom stereocenters. The van der Waals surface area contributed by atoms with Gasteiger partial charge < -0.3 is 4.90 Å². The fourth-order valence-corrected chi connectivity index (χ4v) is 5.09. The van der Waals surface area contributed by atoms with E-state index in [0.717, 1.165) is 18.7 Å². The molecule has 0 saturated carbocycles. The molecule has 160 valence electrons. The number of nitrogens with zero attached hydrogens (tertiary/aromatic N) is 2. The highest BCUT2D eigenvalue weighted by atomic mass is 32.2. The average molecular weight is 421 g/mol. The molecular weight excluding hydrogens is 384 g/mol. The first kappa shape index (κ1) is 22.8. The smallest absolute Gasteiger partial charge is 0.0849 e. The molecule has 30 heavy (non-hydrogen) atoms. The van der Waals surface area contributed by atoms with Crippen molar-refractivity contribution < 1.29 is 0 Å². The van der Waals surface area contributed by atoms with Gasteiger partial charge in [-0.25, -0.2) is 0 Å². The Morgan fingerprint density at radius 2 is 1.77 bits per heavy atom. The molecular formula is C27H36N2S. The van der Waals surface area contributed by atoms with Gasteiger partial charge in [-0.05, 0) is 63.2 Å². The zero-order valence-corrected chi connectivity index (χ0v) is 19.7. The summed E-state index contributed by atoms with van der Waals surface area (Å²) in [5.41, 5.74) is 4.08. The minimum atomic E-state index is 0.416. The third kappa shape index (κ3) is 6.85. The van der Waals surface area contributed by atoms with Gasteiger partial charge in [0.15, 0.2) is 0 Å². The summed E-state index contributed by atoms with van der Waals surface area (Å²) >= 11 is 1.95. The lowest BCUT2D eigenvalue weighted by molar-refractivity contribution is 0.322. The van der Waals surface area contributed by atoms with Crippen molar-refractivity contribution in [2.24, 2.45) is 10.9 Å². The van der Waals surface area contributed by atoms with E-state index in [2.05, 4.69) is 99.6 Å². The summed E-state index contributed by atoms with van der Waals surface area (Å²) in [5, 5.41) is 1.33. The Kier molecular flexibility index (Phi) is 8.77. The van der Waals surface area contributed by atoms with E-state index >= 15 is 0 Å². The maximum atomic E-state index is 4.80. The first-order valence-corrected chi connectivity index (χ1v) is 12.1. The average Bonchev–Trinajstić information content (AvgIpc) is 3.28. The normalized spacial score (nSPS) is 17.3. The van der Waals surface area contributed by atoms with Crippen LogP contribution < -0.4 is 0 Å². The molecule has 0 bridgehead atoms. The molecule has 0 saturated heterocycles. The minimum absolute atomic E-state index is 0.416. The molecule has 0 amide bonds. The summed E-state index contributed by atoms with van der Waals surface area (Å²) in [5.74, 6) is 2.25. The maximum Gasteiger partial charge on any atom is 0.0849 e. The van der Waals surface area contributed by atoms with E-state index in [9.17, 15) is 0 Å². The number of benzene rings is 2. The molecule has 2 nitrogen and oxygen atoms in total. The molecule has 2 aromatic carbocycles. The van der Waals surface area contributed by atoms with Crippen LogP contribution in [0.15, 0.2) is 65.7 Å². The van der Waals surface area contributed by atoms with Gasteiger partial charge >= 0.3 is 0 Å². The van der Waals surface area contributed by atoms with Gasteiger partial charge in [0.25, 0.3) is 0 Å². The predicted octanol–water partition coefficient (Wildman–Crippen LogP) is 6.67. The summed E-state index contributed by atoms with van der Waals surface area (Å²) < 4.78 is 0. The van der Waals surface area contributed by atoms with Crippen molar-refractivity contribution in [3.05, 3.63) is 77.4 Å². The van der Waals surface area contributed by atoms with Crippen LogP contribution in [0.5, 0.6) is 0 Å². The fourth-order valence-electron chi connectivity index (χ4n) is 4.01. The molecule has 0 fully saturated rings. The van der Waals surface area contributed by atoms with Gasteiger partial charge in [-0.15, -0.1) is 11.8 Å². The van der Waals surface area contributed by atoms with Crippen LogP contribution in [0.3, 0.4) is 0 Å². The minimum Gasteiger partial charge on any atom is -0.300 e. The van der Waals surface area contributed by atoms with E-state index in [1.54, 1.807) is 0 Å². The van der Waals surface area contributed by atoms with Gasteiger partial charge in [0.05, 0.1) is 11.1 Å². The molecule has 3 unspecified atom stereocenters. The van der Waals surface area contributed by atoms with Crippen molar-refractivity contribution in [3.8, 4) is 0 Å². The monoisotopic (exact) mass is 420 g/mol. The van der Waals surface area contributed by atoms with Gasteiger partial charge in [-0.3, -0.25) is 4.99 Å². The lowest BCUT2D eigenvalue weighted by atomic mass is 9.85. The largest absolute Gasteiger partial charge is 0.300 e. The summed E-state index contributed by atoms with van der Waals surface area (Å²) in [4.78, 5) is 7.16. The summed E-state index contributed by atoms with van der Waals surface area (Å²) in [6, 6.07) is 20.2. The summed E-state index contributed by atoms with van der Waals surface area (Å²) in [7, 11) is 4.40. The Labute approximate surface area is 187 Å². The number of aliphatic imine (C=N–C) groups is 1. The van der Waals surface area contributed by atoms with E-state index in [-0.39, 0.29) is 0 Å². The van der Waals surface area contributed by atoms with Crippen LogP contribution in [-0.4, -0.2) is 42.4 Å². The van der Waals surface area contributed by atoms with E-state index in [0.29, 0.717) is 17.9 Å². The zero-order valence-electron chi connectivity index (χ0n) is 18.9. The van der Waals surface area contributed by atoms with Crippen molar-refractivity contribution in [1.82, 2.24) is 4.90 Å². The molecule has 0 radical (unpaired) electrons. The van der Waals surface area contributed by atoms with E-state index in [1.807, 2.05) is 11.8 Å².